The van der Waals surface area contributed by atoms with Gasteiger partial charge in [-0.3, -0.25) is 4.90 Å². The summed E-state index contributed by atoms with van der Waals surface area (Å²) >= 11 is 0. The van der Waals surface area contributed by atoms with E-state index in [1.165, 1.54) is 0 Å². The maximum Gasteiger partial charge on any atom is 0.490 e. The summed E-state index contributed by atoms with van der Waals surface area (Å²) in [6.45, 7) is 6.06. The average molecular weight is 429 g/mol. The predicted molar refractivity (Wildman–Crippen MR) is 96.7 cm³/mol. The molecular weight excluding hydrogens is 407 g/mol. The van der Waals surface area contributed by atoms with Crippen LogP contribution in [0.1, 0.15) is 17.9 Å². The third-order valence-electron chi connectivity index (χ3n) is 4.96. The molecule has 2 aliphatic rings. The number of hydrogen-bond acceptors (Lipinski definition) is 7. The van der Waals surface area contributed by atoms with E-state index in [1.807, 2.05) is 31.2 Å². The second kappa shape index (κ2) is 9.00. The zero-order valence-corrected chi connectivity index (χ0v) is 16.3. The van der Waals surface area contributed by atoms with Gasteiger partial charge < -0.3 is 19.1 Å². The van der Waals surface area contributed by atoms with Crippen molar-refractivity contribution in [2.45, 2.75) is 31.7 Å². The molecule has 4 rings (SSSR count). The molecule has 30 heavy (non-hydrogen) atoms. The first-order valence-electron chi connectivity index (χ1n) is 9.30. The number of aromatic nitrogens is 2. The SMILES string of the molecule is Cc1cc(CN2CC3(C2)OCCC3COc2ccccn2)no1.O=C(O)C(F)(F)F. The number of likely N-dealkylation sites (tertiary alicyclic amines) is 1. The maximum absolute atomic E-state index is 10.6. The van der Waals surface area contributed by atoms with Gasteiger partial charge in [-0.2, -0.15) is 13.2 Å². The van der Waals surface area contributed by atoms with Gasteiger partial charge >= 0.3 is 12.1 Å². The van der Waals surface area contributed by atoms with E-state index in [0.29, 0.717) is 18.4 Å². The molecule has 2 saturated heterocycles. The lowest BCUT2D eigenvalue weighted by atomic mass is 9.81. The molecule has 2 aromatic rings. The summed E-state index contributed by atoms with van der Waals surface area (Å²) in [7, 11) is 0. The van der Waals surface area contributed by atoms with Gasteiger partial charge in [-0.25, -0.2) is 9.78 Å². The Balaban J connectivity index is 0.000000318. The average Bonchev–Trinajstić information content (AvgIpc) is 3.27. The van der Waals surface area contributed by atoms with Crippen molar-refractivity contribution in [3.63, 3.8) is 0 Å². The standard InChI is InChI=1S/C17H21N3O3.C2HF3O2/c1-13-8-15(19-23-13)9-20-11-17(12-20)14(5-7-22-17)10-21-16-4-2-3-6-18-16;3-2(4,5)1(6)7/h2-4,6,8,14H,5,7,9-12H2,1H3;(H,6,7). The van der Waals surface area contributed by atoms with Gasteiger partial charge in [0.05, 0.1) is 17.9 Å². The molecule has 0 saturated carbocycles. The zero-order chi connectivity index (χ0) is 21.8. The van der Waals surface area contributed by atoms with Crippen LogP contribution in [0.2, 0.25) is 0 Å². The van der Waals surface area contributed by atoms with E-state index in [1.54, 1.807) is 6.20 Å². The Bertz CT molecular complexity index is 837. The van der Waals surface area contributed by atoms with Crippen LogP contribution in [0.15, 0.2) is 35.0 Å². The molecule has 0 aliphatic carbocycles. The molecule has 0 aromatic carbocycles. The molecule has 1 unspecified atom stereocenters. The largest absolute Gasteiger partial charge is 0.490 e. The highest BCUT2D eigenvalue weighted by Crippen LogP contribution is 2.40. The van der Waals surface area contributed by atoms with Crippen LogP contribution in [0.25, 0.3) is 0 Å². The number of hydrogen-bond donors (Lipinski definition) is 1. The monoisotopic (exact) mass is 429 g/mol. The van der Waals surface area contributed by atoms with Crippen molar-refractivity contribution in [2.24, 2.45) is 5.92 Å². The summed E-state index contributed by atoms with van der Waals surface area (Å²) in [6.07, 6.45) is -2.29. The summed E-state index contributed by atoms with van der Waals surface area (Å²) < 4.78 is 48.8. The zero-order valence-electron chi connectivity index (χ0n) is 16.3. The maximum atomic E-state index is 10.6. The van der Waals surface area contributed by atoms with E-state index in [-0.39, 0.29) is 5.60 Å². The first-order valence-corrected chi connectivity index (χ1v) is 9.30. The molecule has 0 amide bonds. The van der Waals surface area contributed by atoms with Gasteiger partial charge in [-0.1, -0.05) is 11.2 Å². The van der Waals surface area contributed by atoms with Crippen molar-refractivity contribution in [1.29, 1.82) is 0 Å². The number of aryl methyl sites for hydroxylation is 1. The number of pyridine rings is 1. The molecule has 1 N–H and O–H groups in total. The molecule has 164 valence electrons. The lowest BCUT2D eigenvalue weighted by Crippen LogP contribution is -2.64. The van der Waals surface area contributed by atoms with Crippen LogP contribution in [0, 0.1) is 12.8 Å². The van der Waals surface area contributed by atoms with Crippen molar-refractivity contribution in [3.8, 4) is 5.88 Å². The second-order valence-corrected chi connectivity index (χ2v) is 7.25. The fourth-order valence-corrected chi connectivity index (χ4v) is 3.53. The van der Waals surface area contributed by atoms with Gasteiger partial charge in [0.15, 0.2) is 0 Å². The molecule has 2 aliphatic heterocycles. The Morgan fingerprint density at radius 1 is 1.40 bits per heavy atom. The minimum atomic E-state index is -5.08. The molecule has 2 aromatic heterocycles. The highest BCUT2D eigenvalue weighted by molar-refractivity contribution is 5.73. The summed E-state index contributed by atoms with van der Waals surface area (Å²) in [6, 6.07) is 7.71. The fourth-order valence-electron chi connectivity index (χ4n) is 3.53. The number of halogens is 3. The lowest BCUT2D eigenvalue weighted by Gasteiger charge is -2.49. The van der Waals surface area contributed by atoms with Crippen LogP contribution in [-0.2, 0) is 16.1 Å². The molecular formula is C19H22F3N3O5. The topological polar surface area (TPSA) is 97.9 Å². The Kier molecular flexibility index (Phi) is 6.61. The van der Waals surface area contributed by atoms with Crippen molar-refractivity contribution >= 4 is 5.97 Å². The minimum Gasteiger partial charge on any atom is -0.477 e. The van der Waals surface area contributed by atoms with Gasteiger partial charge in [0, 0.05) is 50.5 Å². The van der Waals surface area contributed by atoms with Gasteiger partial charge in [0.2, 0.25) is 5.88 Å². The minimum absolute atomic E-state index is 0.0619. The number of carboxylic acid groups (broad SMARTS) is 1. The normalized spacial score (nSPS) is 20.3. The summed E-state index contributed by atoms with van der Waals surface area (Å²) in [5.74, 6) is -0.801. The van der Waals surface area contributed by atoms with Crippen LogP contribution in [0.5, 0.6) is 5.88 Å². The second-order valence-electron chi connectivity index (χ2n) is 7.25. The van der Waals surface area contributed by atoms with Crippen molar-refractivity contribution in [1.82, 2.24) is 15.0 Å². The Labute approximate surface area is 170 Å². The summed E-state index contributed by atoms with van der Waals surface area (Å²) in [4.78, 5) is 15.5. The molecule has 11 heteroatoms. The van der Waals surface area contributed by atoms with Crippen LogP contribution < -0.4 is 4.74 Å². The van der Waals surface area contributed by atoms with Crippen LogP contribution in [0.3, 0.4) is 0 Å². The van der Waals surface area contributed by atoms with Gasteiger partial charge in [-0.05, 0) is 19.4 Å². The Morgan fingerprint density at radius 2 is 2.13 bits per heavy atom. The van der Waals surface area contributed by atoms with E-state index >= 15 is 0 Å². The van der Waals surface area contributed by atoms with Crippen molar-refractivity contribution in [2.75, 3.05) is 26.3 Å². The molecule has 4 heterocycles. The number of ether oxygens (including phenoxy) is 2. The predicted octanol–water partition coefficient (Wildman–Crippen LogP) is 2.68. The fraction of sp³-hybridized carbons (Fsp3) is 0.526. The van der Waals surface area contributed by atoms with E-state index in [2.05, 4.69) is 15.0 Å². The Morgan fingerprint density at radius 3 is 2.70 bits per heavy atom. The molecule has 0 bridgehead atoms. The van der Waals surface area contributed by atoms with Crippen LogP contribution in [-0.4, -0.2) is 64.2 Å². The van der Waals surface area contributed by atoms with E-state index in [4.69, 9.17) is 23.9 Å². The van der Waals surface area contributed by atoms with Crippen molar-refractivity contribution < 1.29 is 37.1 Å². The number of rotatable bonds is 5. The van der Waals surface area contributed by atoms with Crippen LogP contribution >= 0.6 is 0 Å². The lowest BCUT2D eigenvalue weighted by molar-refractivity contribution is -0.192. The quantitative estimate of drug-likeness (QED) is 0.775. The number of alkyl halides is 3. The number of carbonyl (C=O) groups is 1. The number of nitrogens with zero attached hydrogens (tertiary/aromatic N) is 3. The third-order valence-corrected chi connectivity index (χ3v) is 4.96. The number of carboxylic acids is 1. The van der Waals surface area contributed by atoms with E-state index in [0.717, 1.165) is 44.1 Å². The first kappa shape index (κ1) is 22.0. The summed E-state index contributed by atoms with van der Waals surface area (Å²) in [5, 5.41) is 11.2. The molecule has 0 radical (unpaired) electrons. The van der Waals surface area contributed by atoms with Crippen molar-refractivity contribution in [3.05, 3.63) is 41.9 Å². The number of aliphatic carboxylic acids is 1. The molecule has 1 atom stereocenters. The highest BCUT2D eigenvalue weighted by Gasteiger charge is 2.53. The highest BCUT2D eigenvalue weighted by atomic mass is 19.4. The van der Waals surface area contributed by atoms with Gasteiger partial charge in [-0.15, -0.1) is 0 Å². The third kappa shape index (κ3) is 5.48. The van der Waals surface area contributed by atoms with Gasteiger partial charge in [0.1, 0.15) is 5.76 Å². The molecule has 1 spiro atoms. The summed E-state index contributed by atoms with van der Waals surface area (Å²) in [5.41, 5.74) is 0.921. The Hall–Kier alpha value is -2.66. The van der Waals surface area contributed by atoms with Gasteiger partial charge in [0.25, 0.3) is 0 Å². The molecule has 2 fully saturated rings. The van der Waals surface area contributed by atoms with Crippen LogP contribution in [0.4, 0.5) is 13.2 Å². The smallest absolute Gasteiger partial charge is 0.477 e. The van der Waals surface area contributed by atoms with E-state index < -0.39 is 12.1 Å². The van der Waals surface area contributed by atoms with E-state index in [9.17, 15) is 13.2 Å². The first-order chi connectivity index (χ1) is 14.2. The molecule has 8 nitrogen and oxygen atoms in total.